The summed E-state index contributed by atoms with van der Waals surface area (Å²) in [6.45, 7) is 1.92. The number of likely N-dealkylation sites (tertiary alicyclic amines) is 1. The Balaban J connectivity index is 1.83. The van der Waals surface area contributed by atoms with E-state index < -0.39 is 0 Å². The third-order valence-electron chi connectivity index (χ3n) is 4.55. The van der Waals surface area contributed by atoms with Crippen molar-refractivity contribution in [2.24, 2.45) is 11.7 Å². The van der Waals surface area contributed by atoms with Gasteiger partial charge in [-0.05, 0) is 42.9 Å². The fourth-order valence-corrected chi connectivity index (χ4v) is 3.66. The van der Waals surface area contributed by atoms with E-state index in [9.17, 15) is 0 Å². The molecule has 1 aromatic rings. The van der Waals surface area contributed by atoms with Crippen LogP contribution in [0.4, 0.5) is 0 Å². The van der Waals surface area contributed by atoms with Crippen LogP contribution >= 0.6 is 0 Å². The van der Waals surface area contributed by atoms with Crippen LogP contribution in [-0.4, -0.2) is 31.1 Å². The summed E-state index contributed by atoms with van der Waals surface area (Å²) in [5.41, 5.74) is 7.32. The zero-order chi connectivity index (χ0) is 12.5. The zero-order valence-corrected chi connectivity index (χ0v) is 11.0. The zero-order valence-electron chi connectivity index (χ0n) is 11.0. The molecule has 0 aromatic heterocycles. The molecule has 1 saturated heterocycles. The first-order chi connectivity index (χ1) is 8.81. The molecule has 3 rings (SSSR count). The van der Waals surface area contributed by atoms with E-state index in [1.807, 2.05) is 6.07 Å². The predicted octanol–water partition coefficient (Wildman–Crippen LogP) is 2.18. The molecular weight excluding hydrogens is 224 g/mol. The van der Waals surface area contributed by atoms with Crippen LogP contribution in [0.15, 0.2) is 24.3 Å². The molecule has 2 bridgehead atoms. The lowest BCUT2D eigenvalue weighted by molar-refractivity contribution is 0.153. The number of piperidine rings is 1. The van der Waals surface area contributed by atoms with Crippen LogP contribution < -0.4 is 10.5 Å². The molecule has 1 aromatic carbocycles. The van der Waals surface area contributed by atoms with Gasteiger partial charge in [0.1, 0.15) is 5.75 Å². The van der Waals surface area contributed by atoms with Crippen molar-refractivity contribution in [1.29, 1.82) is 0 Å². The van der Waals surface area contributed by atoms with Gasteiger partial charge in [-0.25, -0.2) is 0 Å². The Labute approximate surface area is 109 Å². The molecule has 18 heavy (non-hydrogen) atoms. The van der Waals surface area contributed by atoms with Gasteiger partial charge in [0.15, 0.2) is 0 Å². The van der Waals surface area contributed by atoms with E-state index in [0.717, 1.165) is 17.7 Å². The van der Waals surface area contributed by atoms with Crippen LogP contribution in [0.25, 0.3) is 0 Å². The summed E-state index contributed by atoms with van der Waals surface area (Å²) in [5.74, 6) is 1.84. The maximum Gasteiger partial charge on any atom is 0.119 e. The van der Waals surface area contributed by atoms with E-state index in [1.54, 1.807) is 7.11 Å². The second-order valence-corrected chi connectivity index (χ2v) is 5.56. The maximum atomic E-state index is 6.03. The van der Waals surface area contributed by atoms with Crippen LogP contribution in [0.3, 0.4) is 0 Å². The summed E-state index contributed by atoms with van der Waals surface area (Å²) in [6, 6.07) is 9.47. The molecule has 3 nitrogen and oxygen atoms in total. The smallest absolute Gasteiger partial charge is 0.119 e. The van der Waals surface area contributed by atoms with Gasteiger partial charge >= 0.3 is 0 Å². The Hall–Kier alpha value is -1.06. The molecule has 3 unspecified atom stereocenters. The van der Waals surface area contributed by atoms with Crippen molar-refractivity contribution < 1.29 is 4.74 Å². The fraction of sp³-hybridized carbons (Fsp3) is 0.600. The Morgan fingerprint density at radius 3 is 2.94 bits per heavy atom. The normalized spacial score (nSPS) is 28.6. The van der Waals surface area contributed by atoms with Crippen LogP contribution in [0.5, 0.6) is 5.75 Å². The van der Waals surface area contributed by atoms with Gasteiger partial charge in [-0.3, -0.25) is 4.90 Å². The number of rotatable bonds is 4. The minimum absolute atomic E-state index is 0.357. The highest BCUT2D eigenvalue weighted by Crippen LogP contribution is 2.42. The van der Waals surface area contributed by atoms with E-state index in [4.69, 9.17) is 10.5 Å². The van der Waals surface area contributed by atoms with Gasteiger partial charge in [0.05, 0.1) is 7.11 Å². The number of ether oxygens (including phenoxy) is 1. The Morgan fingerprint density at radius 2 is 2.33 bits per heavy atom. The van der Waals surface area contributed by atoms with Crippen molar-refractivity contribution in [2.45, 2.75) is 31.3 Å². The van der Waals surface area contributed by atoms with Gasteiger partial charge in [0.2, 0.25) is 0 Å². The monoisotopic (exact) mass is 246 g/mol. The number of hydrogen-bond donors (Lipinski definition) is 1. The van der Waals surface area contributed by atoms with Crippen molar-refractivity contribution in [3.8, 4) is 5.75 Å². The van der Waals surface area contributed by atoms with Gasteiger partial charge in [0, 0.05) is 25.2 Å². The molecule has 3 atom stereocenters. The Morgan fingerprint density at radius 1 is 1.44 bits per heavy atom. The summed E-state index contributed by atoms with van der Waals surface area (Å²) < 4.78 is 5.31. The van der Waals surface area contributed by atoms with Gasteiger partial charge in [-0.15, -0.1) is 0 Å². The average molecular weight is 246 g/mol. The van der Waals surface area contributed by atoms with Crippen LogP contribution in [0, 0.1) is 5.92 Å². The second kappa shape index (κ2) is 4.90. The summed E-state index contributed by atoms with van der Waals surface area (Å²) in [5, 5.41) is 0. The number of methoxy groups -OCH3 is 1. The van der Waals surface area contributed by atoms with Gasteiger partial charge in [0.25, 0.3) is 0 Å². The number of fused-ring (bicyclic) bond motifs is 2. The number of benzene rings is 1. The summed E-state index contributed by atoms with van der Waals surface area (Å²) >= 11 is 0. The summed E-state index contributed by atoms with van der Waals surface area (Å²) in [6.07, 6.45) is 4.14. The minimum Gasteiger partial charge on any atom is -0.497 e. The average Bonchev–Trinajstić information content (AvgIpc) is 3.02. The number of nitrogens with zero attached hydrogens (tertiary/aromatic N) is 1. The molecule has 1 heterocycles. The first-order valence-corrected chi connectivity index (χ1v) is 6.91. The minimum atomic E-state index is 0.357. The van der Waals surface area contributed by atoms with Gasteiger partial charge in [-0.2, -0.15) is 0 Å². The second-order valence-electron chi connectivity index (χ2n) is 5.56. The molecule has 98 valence electrons. The molecule has 3 heteroatoms. The molecule has 1 aliphatic carbocycles. The molecule has 0 amide bonds. The fourth-order valence-electron chi connectivity index (χ4n) is 3.66. The molecular formula is C15H22N2O. The van der Waals surface area contributed by atoms with E-state index in [-0.39, 0.29) is 0 Å². The summed E-state index contributed by atoms with van der Waals surface area (Å²) in [4.78, 5) is 2.61. The highest BCUT2D eigenvalue weighted by atomic mass is 16.5. The molecule has 2 N–H and O–H groups in total. The van der Waals surface area contributed by atoms with E-state index in [1.165, 1.54) is 31.4 Å². The van der Waals surface area contributed by atoms with Gasteiger partial charge < -0.3 is 10.5 Å². The third kappa shape index (κ3) is 2.02. The highest BCUT2D eigenvalue weighted by Gasteiger charge is 2.40. The van der Waals surface area contributed by atoms with Gasteiger partial charge in [-0.1, -0.05) is 12.1 Å². The molecule has 1 aliphatic heterocycles. The highest BCUT2D eigenvalue weighted by molar-refractivity contribution is 5.31. The van der Waals surface area contributed by atoms with Crippen LogP contribution in [0.1, 0.15) is 30.9 Å². The van der Waals surface area contributed by atoms with Crippen molar-refractivity contribution in [1.82, 2.24) is 4.90 Å². The van der Waals surface area contributed by atoms with Crippen molar-refractivity contribution >= 4 is 0 Å². The molecule has 2 fully saturated rings. The SMILES string of the molecule is COc1cccc(C(CN)N2CC3CCC2C3)c1. The standard InChI is InChI=1S/C15H22N2O/c1-18-14-4-2-3-12(8-14)15(9-16)17-10-11-5-6-13(17)7-11/h2-4,8,11,13,15H,5-7,9-10,16H2,1H3. The first-order valence-electron chi connectivity index (χ1n) is 6.91. The topological polar surface area (TPSA) is 38.5 Å². The lowest BCUT2D eigenvalue weighted by atomic mass is 10.0. The molecule has 0 spiro atoms. The Bertz CT molecular complexity index is 421. The van der Waals surface area contributed by atoms with Crippen molar-refractivity contribution in [3.63, 3.8) is 0 Å². The molecule has 0 radical (unpaired) electrons. The lowest BCUT2D eigenvalue weighted by Gasteiger charge is -2.34. The van der Waals surface area contributed by atoms with E-state index in [0.29, 0.717) is 12.6 Å². The predicted molar refractivity (Wildman–Crippen MR) is 72.6 cm³/mol. The third-order valence-corrected chi connectivity index (χ3v) is 4.55. The largest absolute Gasteiger partial charge is 0.497 e. The summed E-state index contributed by atoms with van der Waals surface area (Å²) in [7, 11) is 1.72. The maximum absolute atomic E-state index is 6.03. The van der Waals surface area contributed by atoms with Crippen LogP contribution in [0.2, 0.25) is 0 Å². The Kier molecular flexibility index (Phi) is 3.27. The quantitative estimate of drug-likeness (QED) is 0.885. The van der Waals surface area contributed by atoms with Crippen LogP contribution in [-0.2, 0) is 0 Å². The number of hydrogen-bond acceptors (Lipinski definition) is 3. The van der Waals surface area contributed by atoms with Crippen molar-refractivity contribution in [2.75, 3.05) is 20.2 Å². The number of nitrogens with two attached hydrogens (primary N) is 1. The lowest BCUT2D eigenvalue weighted by Crippen LogP contribution is -2.39. The van der Waals surface area contributed by atoms with E-state index >= 15 is 0 Å². The first kappa shape index (κ1) is 12.0. The molecule has 2 aliphatic rings. The molecule has 1 saturated carbocycles. The van der Waals surface area contributed by atoms with E-state index in [2.05, 4.69) is 23.1 Å². The van der Waals surface area contributed by atoms with Crippen molar-refractivity contribution in [3.05, 3.63) is 29.8 Å².